The summed E-state index contributed by atoms with van der Waals surface area (Å²) >= 11 is 0. The molecule has 7 heteroatoms. The molecule has 0 saturated heterocycles. The minimum Gasteiger partial charge on any atom is -0.494 e. The van der Waals surface area contributed by atoms with Gasteiger partial charge in [-0.2, -0.15) is 10.2 Å². The van der Waals surface area contributed by atoms with Gasteiger partial charge in [-0.3, -0.25) is 0 Å². The molecule has 1 aliphatic rings. The number of fused-ring (bicyclic) bond motifs is 2. The molecule has 0 bridgehead atoms. The zero-order valence-corrected chi connectivity index (χ0v) is 14.9. The molecule has 136 valence electrons. The number of aromatic hydroxyl groups is 1. The summed E-state index contributed by atoms with van der Waals surface area (Å²) in [6.45, 7) is 3.79. The second-order valence-corrected chi connectivity index (χ2v) is 6.71. The van der Waals surface area contributed by atoms with Gasteiger partial charge in [0.15, 0.2) is 5.88 Å². The first-order valence-corrected chi connectivity index (χ1v) is 8.65. The second kappa shape index (κ2) is 6.60. The standard InChI is InChI=1S/C20H19N5O2/c1-11(2)22-20(27)23-14-5-6-17-15(9-14)16(19(26)24-17)7-12-3-4-13-10-21-25-18(13)8-12/h3-11,24,26H,1-2H3,(H2,22,23,27). The minimum atomic E-state index is -0.269. The second-order valence-electron chi connectivity index (χ2n) is 6.71. The molecule has 0 aliphatic carbocycles. The molecule has 2 heterocycles. The summed E-state index contributed by atoms with van der Waals surface area (Å²) in [4.78, 5) is 14.9. The van der Waals surface area contributed by atoms with Gasteiger partial charge in [-0.15, -0.1) is 0 Å². The van der Waals surface area contributed by atoms with E-state index >= 15 is 0 Å². The van der Waals surface area contributed by atoms with Crippen LogP contribution >= 0.6 is 0 Å². The van der Waals surface area contributed by atoms with Crippen molar-refractivity contribution in [3.05, 3.63) is 52.4 Å². The Labute approximate surface area is 155 Å². The number of H-pyrrole nitrogens is 1. The SMILES string of the molecule is CC(C)NC(=O)Nc1ccc2[nH]c(O)c(C=c3ccc4c(c3)N=NC=4)c2c1. The van der Waals surface area contributed by atoms with E-state index in [1.54, 1.807) is 12.3 Å². The molecule has 7 nitrogen and oxygen atoms in total. The van der Waals surface area contributed by atoms with Crippen LogP contribution in [0.4, 0.5) is 16.2 Å². The van der Waals surface area contributed by atoms with Gasteiger partial charge in [0.2, 0.25) is 0 Å². The topological polar surface area (TPSA) is 102 Å². The third-order valence-corrected chi connectivity index (χ3v) is 4.22. The molecule has 2 aromatic carbocycles. The maximum absolute atomic E-state index is 11.9. The maximum atomic E-state index is 11.9. The van der Waals surface area contributed by atoms with Crippen LogP contribution in [0, 0.1) is 0 Å². The molecule has 1 aliphatic heterocycles. The number of aromatic nitrogens is 1. The number of urea groups is 1. The summed E-state index contributed by atoms with van der Waals surface area (Å²) in [6, 6.07) is 11.0. The number of aromatic amines is 1. The van der Waals surface area contributed by atoms with Crippen LogP contribution in [0.1, 0.15) is 19.4 Å². The van der Waals surface area contributed by atoms with Crippen molar-refractivity contribution < 1.29 is 9.90 Å². The Kier molecular flexibility index (Phi) is 4.12. The lowest BCUT2D eigenvalue weighted by atomic mass is 10.1. The van der Waals surface area contributed by atoms with Gasteiger partial charge in [0.05, 0.1) is 11.9 Å². The van der Waals surface area contributed by atoms with Gasteiger partial charge in [0, 0.05) is 33.4 Å². The molecule has 0 fully saturated rings. The molecule has 3 aromatic rings. The van der Waals surface area contributed by atoms with Gasteiger partial charge in [-0.05, 0) is 49.4 Å². The van der Waals surface area contributed by atoms with E-state index in [0.29, 0.717) is 11.3 Å². The lowest BCUT2D eigenvalue weighted by Gasteiger charge is -2.10. The van der Waals surface area contributed by atoms with E-state index in [0.717, 1.165) is 27.0 Å². The van der Waals surface area contributed by atoms with E-state index in [1.165, 1.54) is 0 Å². The van der Waals surface area contributed by atoms with Crippen LogP contribution < -0.4 is 21.1 Å². The summed E-state index contributed by atoms with van der Waals surface area (Å²) in [5.74, 6) is 0.0717. The highest BCUT2D eigenvalue weighted by molar-refractivity contribution is 5.97. The number of nitrogens with one attached hydrogen (secondary N) is 3. The van der Waals surface area contributed by atoms with Crippen molar-refractivity contribution in [1.29, 1.82) is 0 Å². The minimum absolute atomic E-state index is 0.0446. The van der Waals surface area contributed by atoms with Crippen molar-refractivity contribution in [2.75, 3.05) is 5.32 Å². The van der Waals surface area contributed by atoms with E-state index < -0.39 is 0 Å². The number of nitrogens with zero attached hydrogens (tertiary/aromatic N) is 2. The third kappa shape index (κ3) is 3.39. The molecule has 0 atom stereocenters. The normalized spacial score (nSPS) is 13.1. The highest BCUT2D eigenvalue weighted by atomic mass is 16.3. The molecule has 2 amide bonds. The zero-order valence-electron chi connectivity index (χ0n) is 14.9. The van der Waals surface area contributed by atoms with Gasteiger partial charge < -0.3 is 20.7 Å². The number of azo groups is 1. The van der Waals surface area contributed by atoms with E-state index in [9.17, 15) is 9.90 Å². The number of benzene rings is 2. The molecule has 0 saturated carbocycles. The molecule has 0 radical (unpaired) electrons. The Morgan fingerprint density at radius 1 is 1.22 bits per heavy atom. The number of hydrogen-bond acceptors (Lipinski definition) is 4. The summed E-state index contributed by atoms with van der Waals surface area (Å²) in [5.41, 5.74) is 2.88. The van der Waals surface area contributed by atoms with Gasteiger partial charge in [-0.1, -0.05) is 12.1 Å². The quantitative estimate of drug-likeness (QED) is 0.576. The predicted octanol–water partition coefficient (Wildman–Crippen LogP) is 3.07. The molecule has 0 spiro atoms. The number of carbonyl (C=O) groups excluding carboxylic acids is 1. The smallest absolute Gasteiger partial charge is 0.319 e. The van der Waals surface area contributed by atoms with Crippen molar-refractivity contribution >= 4 is 40.6 Å². The molecule has 27 heavy (non-hydrogen) atoms. The van der Waals surface area contributed by atoms with Gasteiger partial charge in [0.25, 0.3) is 0 Å². The van der Waals surface area contributed by atoms with Crippen LogP contribution in [0.25, 0.3) is 23.2 Å². The predicted molar refractivity (Wildman–Crippen MR) is 105 cm³/mol. The van der Waals surface area contributed by atoms with Gasteiger partial charge >= 0.3 is 6.03 Å². The van der Waals surface area contributed by atoms with Crippen molar-refractivity contribution in [3.63, 3.8) is 0 Å². The largest absolute Gasteiger partial charge is 0.494 e. The van der Waals surface area contributed by atoms with Crippen molar-refractivity contribution in [2.24, 2.45) is 10.2 Å². The summed E-state index contributed by atoms with van der Waals surface area (Å²) < 4.78 is 0. The maximum Gasteiger partial charge on any atom is 0.319 e. The lowest BCUT2D eigenvalue weighted by Crippen LogP contribution is -2.34. The zero-order chi connectivity index (χ0) is 19.0. The lowest BCUT2D eigenvalue weighted by molar-refractivity contribution is 0.250. The van der Waals surface area contributed by atoms with Crippen LogP contribution in [-0.2, 0) is 0 Å². The Bertz CT molecular complexity index is 1190. The van der Waals surface area contributed by atoms with Gasteiger partial charge in [-0.25, -0.2) is 4.79 Å². The number of carbonyl (C=O) groups is 1. The van der Waals surface area contributed by atoms with E-state index in [4.69, 9.17) is 0 Å². The number of rotatable bonds is 3. The molecule has 0 unspecified atom stereocenters. The Hall–Kier alpha value is -3.61. The van der Waals surface area contributed by atoms with Crippen LogP contribution in [0.2, 0.25) is 0 Å². The van der Waals surface area contributed by atoms with E-state index in [2.05, 4.69) is 25.8 Å². The van der Waals surface area contributed by atoms with Crippen LogP contribution in [0.5, 0.6) is 5.88 Å². The summed E-state index contributed by atoms with van der Waals surface area (Å²) in [5, 5.41) is 26.6. The molecular weight excluding hydrogens is 342 g/mol. The summed E-state index contributed by atoms with van der Waals surface area (Å²) in [7, 11) is 0. The number of anilines is 1. The fourth-order valence-electron chi connectivity index (χ4n) is 3.02. The first-order valence-electron chi connectivity index (χ1n) is 8.65. The molecular formula is C20H19N5O2. The van der Waals surface area contributed by atoms with Gasteiger partial charge in [0.1, 0.15) is 0 Å². The molecule has 4 N–H and O–H groups in total. The average molecular weight is 361 g/mol. The van der Waals surface area contributed by atoms with Crippen LogP contribution in [-0.4, -0.2) is 22.2 Å². The molecule has 1 aromatic heterocycles. The Balaban J connectivity index is 1.74. The monoisotopic (exact) mass is 361 g/mol. The molecule has 4 rings (SSSR count). The van der Waals surface area contributed by atoms with Crippen molar-refractivity contribution in [2.45, 2.75) is 19.9 Å². The Morgan fingerprint density at radius 2 is 2.07 bits per heavy atom. The third-order valence-electron chi connectivity index (χ3n) is 4.22. The average Bonchev–Trinajstić information content (AvgIpc) is 3.19. The van der Waals surface area contributed by atoms with E-state index in [-0.39, 0.29) is 18.0 Å². The van der Waals surface area contributed by atoms with Crippen LogP contribution in [0.15, 0.2) is 46.6 Å². The first-order chi connectivity index (χ1) is 13.0. The van der Waals surface area contributed by atoms with E-state index in [1.807, 2.05) is 50.3 Å². The number of hydrogen-bond donors (Lipinski definition) is 4. The van der Waals surface area contributed by atoms with Crippen LogP contribution in [0.3, 0.4) is 0 Å². The fourth-order valence-corrected chi connectivity index (χ4v) is 3.02. The highest BCUT2D eigenvalue weighted by Crippen LogP contribution is 2.30. The number of amides is 2. The van der Waals surface area contributed by atoms with Crippen molar-refractivity contribution in [3.8, 4) is 5.88 Å². The first kappa shape index (κ1) is 16.8. The highest BCUT2D eigenvalue weighted by Gasteiger charge is 2.11. The van der Waals surface area contributed by atoms with Crippen molar-refractivity contribution in [1.82, 2.24) is 10.3 Å². The Morgan fingerprint density at radius 3 is 2.89 bits per heavy atom. The fraction of sp³-hybridized carbons (Fsp3) is 0.150. The summed E-state index contributed by atoms with van der Waals surface area (Å²) in [6.07, 6.45) is 3.59.